The third-order valence-corrected chi connectivity index (χ3v) is 2.64. The van der Waals surface area contributed by atoms with Gasteiger partial charge in [0, 0.05) is 12.5 Å². The maximum atomic E-state index is 11.9. The minimum Gasteiger partial charge on any atom is -0.314 e. The van der Waals surface area contributed by atoms with Crippen LogP contribution in [0.4, 0.5) is 4.39 Å². The molecule has 70 valence electrons. The third-order valence-electron chi connectivity index (χ3n) is 2.64. The molecule has 1 aliphatic rings. The predicted octanol–water partition coefficient (Wildman–Crippen LogP) is 1.65. The van der Waals surface area contributed by atoms with Crippen LogP contribution in [0.25, 0.3) is 0 Å². The highest BCUT2D eigenvalue weighted by Crippen LogP contribution is 2.21. The topological polar surface area (TPSA) is 29.1 Å². The number of hydrogen-bond acceptors (Lipinski definition) is 2. The van der Waals surface area contributed by atoms with Gasteiger partial charge in [-0.3, -0.25) is 4.79 Å². The molecule has 1 heterocycles. The second-order valence-electron chi connectivity index (χ2n) is 3.54. The van der Waals surface area contributed by atoms with Crippen LogP contribution in [0.15, 0.2) is 0 Å². The normalized spacial score (nSPS) is 30.2. The first-order valence-electron chi connectivity index (χ1n) is 4.62. The fourth-order valence-electron chi connectivity index (χ4n) is 1.80. The van der Waals surface area contributed by atoms with Gasteiger partial charge in [0.15, 0.2) is 0 Å². The van der Waals surface area contributed by atoms with Crippen molar-refractivity contribution < 1.29 is 9.18 Å². The SMILES string of the molecule is CC1NCCCC1CCC(=O)F. The van der Waals surface area contributed by atoms with E-state index in [0.29, 0.717) is 18.4 Å². The summed E-state index contributed by atoms with van der Waals surface area (Å²) >= 11 is 0. The van der Waals surface area contributed by atoms with Crippen molar-refractivity contribution in [2.24, 2.45) is 5.92 Å². The van der Waals surface area contributed by atoms with Crippen molar-refractivity contribution in [1.82, 2.24) is 5.32 Å². The van der Waals surface area contributed by atoms with Gasteiger partial charge in [-0.2, -0.15) is 4.39 Å². The molecule has 2 atom stereocenters. The minimum atomic E-state index is -1.17. The van der Waals surface area contributed by atoms with Gasteiger partial charge in [-0.1, -0.05) is 0 Å². The Morgan fingerprint density at radius 3 is 3.00 bits per heavy atom. The first kappa shape index (κ1) is 9.65. The second-order valence-corrected chi connectivity index (χ2v) is 3.54. The summed E-state index contributed by atoms with van der Waals surface area (Å²) in [6, 6.07) is -0.731. The van der Waals surface area contributed by atoms with E-state index in [4.69, 9.17) is 0 Å². The number of rotatable bonds is 3. The molecule has 0 aromatic carbocycles. The lowest BCUT2D eigenvalue weighted by atomic mass is 9.88. The van der Waals surface area contributed by atoms with E-state index in [1.54, 1.807) is 0 Å². The average molecular weight is 173 g/mol. The molecule has 12 heavy (non-hydrogen) atoms. The van der Waals surface area contributed by atoms with Crippen molar-refractivity contribution in [1.29, 1.82) is 0 Å². The molecule has 0 aromatic rings. The number of hydrogen-bond donors (Lipinski definition) is 1. The number of carbonyl (C=O) groups excluding carboxylic acids is 1. The molecule has 0 amide bonds. The molecule has 0 aromatic heterocycles. The van der Waals surface area contributed by atoms with E-state index in [2.05, 4.69) is 12.2 Å². The number of halogens is 1. The summed E-state index contributed by atoms with van der Waals surface area (Å²) in [7, 11) is 0. The number of piperidine rings is 1. The van der Waals surface area contributed by atoms with E-state index < -0.39 is 6.04 Å². The molecule has 1 N–H and O–H groups in total. The Morgan fingerprint density at radius 1 is 1.67 bits per heavy atom. The maximum absolute atomic E-state index is 11.9. The Kier molecular flexibility index (Phi) is 3.66. The summed E-state index contributed by atoms with van der Waals surface area (Å²) in [5.41, 5.74) is 0. The van der Waals surface area contributed by atoms with Gasteiger partial charge in [-0.05, 0) is 38.6 Å². The largest absolute Gasteiger partial charge is 0.314 e. The first-order chi connectivity index (χ1) is 5.70. The van der Waals surface area contributed by atoms with Crippen LogP contribution in [0, 0.1) is 5.92 Å². The molecule has 1 fully saturated rings. The molecule has 1 rings (SSSR count). The van der Waals surface area contributed by atoms with E-state index >= 15 is 0 Å². The van der Waals surface area contributed by atoms with Crippen LogP contribution in [0.1, 0.15) is 32.6 Å². The Hall–Kier alpha value is -0.440. The zero-order chi connectivity index (χ0) is 8.97. The van der Waals surface area contributed by atoms with Crippen LogP contribution in [0.3, 0.4) is 0 Å². The van der Waals surface area contributed by atoms with E-state index in [0.717, 1.165) is 19.4 Å². The third kappa shape index (κ3) is 2.89. The van der Waals surface area contributed by atoms with Crippen LogP contribution in [0.2, 0.25) is 0 Å². The smallest absolute Gasteiger partial charge is 0.301 e. The van der Waals surface area contributed by atoms with Crippen molar-refractivity contribution in [3.8, 4) is 0 Å². The van der Waals surface area contributed by atoms with Crippen LogP contribution in [-0.2, 0) is 4.79 Å². The predicted molar refractivity (Wildman–Crippen MR) is 45.5 cm³/mol. The molecule has 2 nitrogen and oxygen atoms in total. The standard InChI is InChI=1S/C9H16FNO/c1-7-8(3-2-6-11-7)4-5-9(10)12/h7-8,11H,2-6H2,1H3. The number of carbonyl (C=O) groups is 1. The zero-order valence-corrected chi connectivity index (χ0v) is 7.48. The molecule has 0 radical (unpaired) electrons. The summed E-state index contributed by atoms with van der Waals surface area (Å²) in [5.74, 6) is 0.485. The van der Waals surface area contributed by atoms with Gasteiger partial charge in [0.25, 0.3) is 0 Å². The lowest BCUT2D eigenvalue weighted by Crippen LogP contribution is -2.38. The zero-order valence-electron chi connectivity index (χ0n) is 7.48. The van der Waals surface area contributed by atoms with E-state index in [1.807, 2.05) is 0 Å². The molecular weight excluding hydrogens is 157 g/mol. The van der Waals surface area contributed by atoms with Crippen molar-refractivity contribution in [2.75, 3.05) is 6.54 Å². The summed E-state index contributed by atoms with van der Waals surface area (Å²) in [5, 5.41) is 3.32. The highest BCUT2D eigenvalue weighted by Gasteiger charge is 2.20. The van der Waals surface area contributed by atoms with Gasteiger partial charge in [-0.25, -0.2) is 0 Å². The quantitative estimate of drug-likeness (QED) is 0.657. The molecule has 1 aliphatic heterocycles. The molecule has 0 saturated carbocycles. The molecule has 2 unspecified atom stereocenters. The van der Waals surface area contributed by atoms with Crippen LogP contribution < -0.4 is 5.32 Å². The van der Waals surface area contributed by atoms with Gasteiger partial charge in [0.2, 0.25) is 0 Å². The maximum Gasteiger partial charge on any atom is 0.301 e. The lowest BCUT2D eigenvalue weighted by Gasteiger charge is -2.29. The molecular formula is C9H16FNO. The van der Waals surface area contributed by atoms with Gasteiger partial charge >= 0.3 is 6.04 Å². The van der Waals surface area contributed by atoms with E-state index in [9.17, 15) is 9.18 Å². The Morgan fingerprint density at radius 2 is 2.42 bits per heavy atom. The Bertz CT molecular complexity index is 161. The van der Waals surface area contributed by atoms with Gasteiger partial charge < -0.3 is 5.32 Å². The summed E-state index contributed by atoms with van der Waals surface area (Å²) in [4.78, 5) is 10.1. The van der Waals surface area contributed by atoms with Crippen molar-refractivity contribution >= 4 is 6.04 Å². The highest BCUT2D eigenvalue weighted by molar-refractivity contribution is 5.67. The molecule has 0 spiro atoms. The Balaban J connectivity index is 2.24. The summed E-state index contributed by atoms with van der Waals surface area (Å²) in [6.45, 7) is 3.16. The van der Waals surface area contributed by atoms with Gasteiger partial charge in [0.05, 0.1) is 0 Å². The first-order valence-corrected chi connectivity index (χ1v) is 4.62. The highest BCUT2D eigenvalue weighted by atomic mass is 19.1. The van der Waals surface area contributed by atoms with E-state index in [1.165, 1.54) is 0 Å². The Labute approximate surface area is 72.5 Å². The van der Waals surface area contributed by atoms with Gasteiger partial charge in [-0.15, -0.1) is 0 Å². The monoisotopic (exact) mass is 173 g/mol. The van der Waals surface area contributed by atoms with Crippen LogP contribution in [0.5, 0.6) is 0 Å². The lowest BCUT2D eigenvalue weighted by molar-refractivity contribution is -0.129. The molecule has 0 aliphatic carbocycles. The minimum absolute atomic E-state index is 0.0939. The van der Waals surface area contributed by atoms with E-state index in [-0.39, 0.29) is 6.42 Å². The molecule has 1 saturated heterocycles. The average Bonchev–Trinajstić information content (AvgIpc) is 2.03. The number of nitrogens with one attached hydrogen (secondary N) is 1. The van der Waals surface area contributed by atoms with Crippen LogP contribution in [-0.4, -0.2) is 18.6 Å². The summed E-state index contributed by atoms with van der Waals surface area (Å²) < 4.78 is 11.9. The van der Waals surface area contributed by atoms with Gasteiger partial charge in [0.1, 0.15) is 0 Å². The molecule has 3 heteroatoms. The van der Waals surface area contributed by atoms with Crippen molar-refractivity contribution in [3.63, 3.8) is 0 Å². The van der Waals surface area contributed by atoms with Crippen molar-refractivity contribution in [3.05, 3.63) is 0 Å². The second kappa shape index (κ2) is 4.55. The summed E-state index contributed by atoms with van der Waals surface area (Å²) in [6.07, 6.45) is 3.07. The van der Waals surface area contributed by atoms with Crippen LogP contribution >= 0.6 is 0 Å². The fraction of sp³-hybridized carbons (Fsp3) is 0.889. The molecule has 0 bridgehead atoms. The fourth-order valence-corrected chi connectivity index (χ4v) is 1.80. The van der Waals surface area contributed by atoms with Crippen molar-refractivity contribution in [2.45, 2.75) is 38.6 Å².